The van der Waals surface area contributed by atoms with E-state index >= 15 is 0 Å². The smallest absolute Gasteiger partial charge is 0.227 e. The quantitative estimate of drug-likeness (QED) is 0.345. The fraction of sp³-hybridized carbons (Fsp3) is 0.433. The highest BCUT2D eigenvalue weighted by Gasteiger charge is 2.22. The Labute approximate surface area is 240 Å². The van der Waals surface area contributed by atoms with Crippen molar-refractivity contribution in [2.45, 2.75) is 42.7 Å². The van der Waals surface area contributed by atoms with Gasteiger partial charge >= 0.3 is 0 Å². The second-order valence-corrected chi connectivity index (χ2v) is 11.4. The van der Waals surface area contributed by atoms with Gasteiger partial charge in [0, 0.05) is 42.4 Å². The normalized spacial score (nSPS) is 17.0. The van der Waals surface area contributed by atoms with E-state index in [4.69, 9.17) is 19.2 Å². The SMILES string of the molecule is COc1cc(Nc2nccc(-c3ccc(OC4CCOCC4)c(C#N)c3)n2)ccc1SN(C)C1CCN(C)CC1. The van der Waals surface area contributed by atoms with Crippen LogP contribution in [0, 0.1) is 11.3 Å². The predicted octanol–water partition coefficient (Wildman–Crippen LogP) is 5.36. The molecule has 2 fully saturated rings. The molecule has 210 valence electrons. The maximum atomic E-state index is 9.76. The molecule has 2 aromatic carbocycles. The molecule has 0 saturated carbocycles. The van der Waals surface area contributed by atoms with Gasteiger partial charge in [0.1, 0.15) is 23.7 Å². The third kappa shape index (κ3) is 7.04. The minimum atomic E-state index is 0.0676. The Morgan fingerprint density at radius 3 is 2.62 bits per heavy atom. The number of likely N-dealkylation sites (tertiary alicyclic amines) is 1. The third-order valence-corrected chi connectivity index (χ3v) is 8.50. The van der Waals surface area contributed by atoms with Crippen LogP contribution in [0.1, 0.15) is 31.2 Å². The molecule has 1 aromatic heterocycles. The van der Waals surface area contributed by atoms with Crippen LogP contribution < -0.4 is 14.8 Å². The van der Waals surface area contributed by atoms with Gasteiger partial charge in [-0.15, -0.1) is 0 Å². The van der Waals surface area contributed by atoms with E-state index in [0.717, 1.165) is 60.7 Å². The molecule has 2 aliphatic heterocycles. The number of nitrogens with zero attached hydrogens (tertiary/aromatic N) is 5. The minimum Gasteiger partial charge on any atom is -0.495 e. The van der Waals surface area contributed by atoms with Gasteiger partial charge in [0.15, 0.2) is 0 Å². The second-order valence-electron chi connectivity index (χ2n) is 10.2. The van der Waals surface area contributed by atoms with E-state index in [0.29, 0.717) is 42.2 Å². The van der Waals surface area contributed by atoms with Crippen LogP contribution in [0.25, 0.3) is 11.3 Å². The van der Waals surface area contributed by atoms with Crippen LogP contribution in [-0.4, -0.2) is 78.8 Å². The Morgan fingerprint density at radius 2 is 1.88 bits per heavy atom. The van der Waals surface area contributed by atoms with Crippen molar-refractivity contribution in [3.8, 4) is 28.8 Å². The summed E-state index contributed by atoms with van der Waals surface area (Å²) in [5.41, 5.74) is 2.85. The average molecular weight is 561 g/mol. The van der Waals surface area contributed by atoms with Gasteiger partial charge in [0.2, 0.25) is 5.95 Å². The topological polar surface area (TPSA) is 95.8 Å². The molecule has 0 spiro atoms. The van der Waals surface area contributed by atoms with Crippen LogP contribution >= 0.6 is 11.9 Å². The summed E-state index contributed by atoms with van der Waals surface area (Å²) in [5, 5.41) is 13.1. The summed E-state index contributed by atoms with van der Waals surface area (Å²) in [4.78, 5) is 12.6. The van der Waals surface area contributed by atoms with Crippen molar-refractivity contribution in [3.05, 3.63) is 54.2 Å². The molecule has 0 atom stereocenters. The Kier molecular flexibility index (Phi) is 9.39. The molecule has 3 aromatic rings. The number of anilines is 2. The number of rotatable bonds is 9. The minimum absolute atomic E-state index is 0.0676. The molecule has 9 nitrogen and oxygen atoms in total. The first kappa shape index (κ1) is 28.2. The summed E-state index contributed by atoms with van der Waals surface area (Å²) in [7, 11) is 6.03. The Balaban J connectivity index is 1.27. The first-order chi connectivity index (χ1) is 19.5. The van der Waals surface area contributed by atoms with E-state index in [1.54, 1.807) is 25.3 Å². The van der Waals surface area contributed by atoms with Gasteiger partial charge in [-0.2, -0.15) is 5.26 Å². The van der Waals surface area contributed by atoms with Gasteiger partial charge in [-0.05, 0) is 88.4 Å². The number of hydrogen-bond acceptors (Lipinski definition) is 10. The molecule has 3 heterocycles. The summed E-state index contributed by atoms with van der Waals surface area (Å²) in [5.74, 6) is 1.85. The summed E-state index contributed by atoms with van der Waals surface area (Å²) in [6, 6.07) is 16.3. The maximum Gasteiger partial charge on any atom is 0.227 e. The maximum absolute atomic E-state index is 9.76. The highest BCUT2D eigenvalue weighted by molar-refractivity contribution is 7.97. The number of benzene rings is 2. The number of nitriles is 1. The summed E-state index contributed by atoms with van der Waals surface area (Å²) in [6.07, 6.45) is 5.76. The fourth-order valence-corrected chi connectivity index (χ4v) is 6.00. The first-order valence-corrected chi connectivity index (χ1v) is 14.5. The van der Waals surface area contributed by atoms with E-state index in [2.05, 4.69) is 45.7 Å². The molecule has 5 rings (SSSR count). The highest BCUT2D eigenvalue weighted by atomic mass is 32.2. The number of ether oxygens (including phenoxy) is 3. The molecule has 0 unspecified atom stereocenters. The molecular formula is C30H36N6O3S. The van der Waals surface area contributed by atoms with Gasteiger partial charge in [-0.3, -0.25) is 0 Å². The Bertz CT molecular complexity index is 1340. The van der Waals surface area contributed by atoms with E-state index < -0.39 is 0 Å². The molecule has 0 bridgehead atoms. The third-order valence-electron chi connectivity index (χ3n) is 7.38. The van der Waals surface area contributed by atoms with Crippen LogP contribution in [0.2, 0.25) is 0 Å². The second kappa shape index (κ2) is 13.3. The van der Waals surface area contributed by atoms with Gasteiger partial charge in [0.25, 0.3) is 0 Å². The molecule has 2 saturated heterocycles. The monoisotopic (exact) mass is 560 g/mol. The van der Waals surface area contributed by atoms with E-state index in [-0.39, 0.29) is 6.10 Å². The van der Waals surface area contributed by atoms with Crippen molar-refractivity contribution in [3.63, 3.8) is 0 Å². The van der Waals surface area contributed by atoms with Crippen LogP contribution in [-0.2, 0) is 4.74 Å². The first-order valence-electron chi connectivity index (χ1n) is 13.7. The summed E-state index contributed by atoms with van der Waals surface area (Å²) < 4.78 is 19.6. The lowest BCUT2D eigenvalue weighted by Gasteiger charge is -2.34. The molecule has 2 aliphatic rings. The largest absolute Gasteiger partial charge is 0.495 e. The number of nitrogens with one attached hydrogen (secondary N) is 1. The summed E-state index contributed by atoms with van der Waals surface area (Å²) >= 11 is 1.72. The van der Waals surface area contributed by atoms with Gasteiger partial charge < -0.3 is 24.4 Å². The fourth-order valence-electron chi connectivity index (χ4n) is 4.97. The molecule has 40 heavy (non-hydrogen) atoms. The molecule has 0 amide bonds. The average Bonchev–Trinajstić information content (AvgIpc) is 2.99. The van der Waals surface area contributed by atoms with Crippen molar-refractivity contribution in [1.29, 1.82) is 5.26 Å². The molecule has 0 radical (unpaired) electrons. The predicted molar refractivity (Wildman–Crippen MR) is 157 cm³/mol. The lowest BCUT2D eigenvalue weighted by atomic mass is 10.1. The zero-order valence-electron chi connectivity index (χ0n) is 23.3. The van der Waals surface area contributed by atoms with Gasteiger partial charge in [-0.25, -0.2) is 14.3 Å². The molecule has 0 aliphatic carbocycles. The van der Waals surface area contributed by atoms with Crippen molar-refractivity contribution < 1.29 is 14.2 Å². The Morgan fingerprint density at radius 1 is 1.07 bits per heavy atom. The zero-order valence-corrected chi connectivity index (χ0v) is 24.1. The van der Waals surface area contributed by atoms with Crippen LogP contribution in [0.15, 0.2) is 53.6 Å². The van der Waals surface area contributed by atoms with Crippen LogP contribution in [0.3, 0.4) is 0 Å². The van der Waals surface area contributed by atoms with Gasteiger partial charge in [-0.1, -0.05) is 0 Å². The number of piperidine rings is 1. The highest BCUT2D eigenvalue weighted by Crippen LogP contribution is 2.36. The molecular weight excluding hydrogens is 524 g/mol. The van der Waals surface area contributed by atoms with E-state index in [1.165, 1.54) is 0 Å². The number of hydrogen-bond donors (Lipinski definition) is 1. The number of aromatic nitrogens is 2. The van der Waals surface area contributed by atoms with Gasteiger partial charge in [0.05, 0.1) is 36.5 Å². The Hall–Kier alpha value is -3.36. The number of methoxy groups -OCH3 is 1. The van der Waals surface area contributed by atoms with E-state index in [1.807, 2.05) is 36.4 Å². The zero-order chi connectivity index (χ0) is 27.9. The molecule has 1 N–H and O–H groups in total. The van der Waals surface area contributed by atoms with Crippen molar-refractivity contribution in [2.24, 2.45) is 0 Å². The standard InChI is InChI=1S/C30H36N6O3S/c1-35-14-9-24(10-15-35)36(2)40-29-7-5-23(19-28(29)37-3)33-30-32-13-8-26(34-30)21-4-6-27(22(18-21)20-31)39-25-11-16-38-17-12-25/h4-8,13,18-19,24-25H,9-12,14-17H2,1-3H3,(H,32,33,34). The lowest BCUT2D eigenvalue weighted by Crippen LogP contribution is -2.39. The van der Waals surface area contributed by atoms with Crippen molar-refractivity contribution in [2.75, 3.05) is 52.8 Å². The van der Waals surface area contributed by atoms with Crippen LogP contribution in [0.4, 0.5) is 11.6 Å². The van der Waals surface area contributed by atoms with Crippen molar-refractivity contribution in [1.82, 2.24) is 19.2 Å². The lowest BCUT2D eigenvalue weighted by molar-refractivity contribution is 0.0254. The van der Waals surface area contributed by atoms with Crippen LogP contribution in [0.5, 0.6) is 11.5 Å². The van der Waals surface area contributed by atoms with Crippen molar-refractivity contribution >= 4 is 23.6 Å². The molecule has 10 heteroatoms. The van der Waals surface area contributed by atoms with E-state index in [9.17, 15) is 5.26 Å². The summed E-state index contributed by atoms with van der Waals surface area (Å²) in [6.45, 7) is 3.62.